The molecule has 1 atom stereocenters. The van der Waals surface area contributed by atoms with E-state index in [1.807, 2.05) is 18.2 Å². The minimum atomic E-state index is -0.881. The molecule has 1 amide bonds. The average Bonchev–Trinajstić information content (AvgIpc) is 3.02. The molecule has 1 N–H and O–H groups in total. The molecule has 2 heterocycles. The quantitative estimate of drug-likeness (QED) is 0.926. The number of nitrogens with zero attached hydrogens (tertiary/aromatic N) is 2. The number of hydrogen-bond acceptors (Lipinski definition) is 3. The first kappa shape index (κ1) is 14.2. The maximum Gasteiger partial charge on any atom is 0.327 e. The highest BCUT2D eigenvalue weighted by Gasteiger charge is 2.58. The Morgan fingerprint density at radius 3 is 2.74 bits per heavy atom. The molecule has 5 nitrogen and oxygen atoms in total. The number of benzene rings is 1. The number of rotatable bonds is 2. The zero-order valence-corrected chi connectivity index (χ0v) is 12.7. The number of likely N-dealkylation sites (tertiary alicyclic amines) is 1. The topological polar surface area (TPSA) is 70.5 Å². The Kier molecular flexibility index (Phi) is 3.11. The van der Waals surface area contributed by atoms with Crippen LogP contribution in [0.15, 0.2) is 36.5 Å². The number of pyridine rings is 1. The number of carbonyl (C=O) groups is 2. The molecule has 1 aliphatic carbocycles. The number of aromatic nitrogens is 1. The predicted octanol–water partition coefficient (Wildman–Crippen LogP) is 2.70. The molecule has 4 rings (SSSR count). The first-order valence-corrected chi connectivity index (χ1v) is 7.99. The lowest BCUT2D eigenvalue weighted by Gasteiger charge is -2.53. The number of aliphatic carboxylic acids is 1. The van der Waals surface area contributed by atoms with Crippen LogP contribution in [0.2, 0.25) is 0 Å². The largest absolute Gasteiger partial charge is 0.480 e. The molecule has 1 saturated carbocycles. The molecule has 1 unspecified atom stereocenters. The van der Waals surface area contributed by atoms with Crippen LogP contribution in [0.5, 0.6) is 0 Å². The maximum atomic E-state index is 12.8. The van der Waals surface area contributed by atoms with E-state index >= 15 is 0 Å². The van der Waals surface area contributed by atoms with Crippen LogP contribution >= 0.6 is 0 Å². The van der Waals surface area contributed by atoms with Crippen molar-refractivity contribution < 1.29 is 14.7 Å². The third-order valence-electron chi connectivity index (χ3n) is 5.32. The van der Waals surface area contributed by atoms with E-state index in [4.69, 9.17) is 0 Å². The molecule has 23 heavy (non-hydrogen) atoms. The van der Waals surface area contributed by atoms with Crippen LogP contribution in [-0.4, -0.2) is 39.5 Å². The van der Waals surface area contributed by atoms with Crippen molar-refractivity contribution >= 4 is 22.8 Å². The zero-order valence-electron chi connectivity index (χ0n) is 12.7. The second-order valence-corrected chi connectivity index (χ2v) is 6.65. The Morgan fingerprint density at radius 2 is 2.00 bits per heavy atom. The second-order valence-electron chi connectivity index (χ2n) is 6.65. The maximum absolute atomic E-state index is 12.8. The van der Waals surface area contributed by atoms with E-state index in [1.54, 1.807) is 18.3 Å². The van der Waals surface area contributed by atoms with E-state index in [0.29, 0.717) is 12.1 Å². The highest BCUT2D eigenvalue weighted by atomic mass is 16.4. The molecule has 1 aromatic carbocycles. The van der Waals surface area contributed by atoms with Crippen molar-refractivity contribution in [3.8, 4) is 0 Å². The summed E-state index contributed by atoms with van der Waals surface area (Å²) in [7, 11) is 0. The molecule has 5 heteroatoms. The van der Waals surface area contributed by atoms with E-state index in [-0.39, 0.29) is 11.3 Å². The third kappa shape index (κ3) is 2.11. The van der Waals surface area contributed by atoms with Gasteiger partial charge in [-0.3, -0.25) is 9.78 Å². The van der Waals surface area contributed by atoms with E-state index < -0.39 is 12.0 Å². The SMILES string of the molecule is O=C(O)C1N(C(=O)c2ccc3ncccc3c2)CC12CCCC2. The molecule has 118 valence electrons. The van der Waals surface area contributed by atoms with Gasteiger partial charge >= 0.3 is 5.97 Å². The van der Waals surface area contributed by atoms with Crippen LogP contribution in [0.4, 0.5) is 0 Å². The molecule has 1 aliphatic heterocycles. The number of carboxylic acid groups (broad SMARTS) is 1. The minimum Gasteiger partial charge on any atom is -0.480 e. The first-order chi connectivity index (χ1) is 11.1. The monoisotopic (exact) mass is 310 g/mol. The fourth-order valence-electron chi connectivity index (χ4n) is 4.20. The van der Waals surface area contributed by atoms with Crippen LogP contribution in [0.1, 0.15) is 36.0 Å². The van der Waals surface area contributed by atoms with E-state index in [0.717, 1.165) is 36.6 Å². The van der Waals surface area contributed by atoms with Crippen molar-refractivity contribution in [1.82, 2.24) is 9.88 Å². The number of hydrogen-bond donors (Lipinski definition) is 1. The molecule has 1 aromatic heterocycles. The summed E-state index contributed by atoms with van der Waals surface area (Å²) in [6.07, 6.45) is 5.66. The van der Waals surface area contributed by atoms with Crippen molar-refractivity contribution in [3.63, 3.8) is 0 Å². The lowest BCUT2D eigenvalue weighted by molar-refractivity contribution is -0.159. The van der Waals surface area contributed by atoms with Gasteiger partial charge < -0.3 is 10.0 Å². The van der Waals surface area contributed by atoms with Crippen LogP contribution in [-0.2, 0) is 4.79 Å². The van der Waals surface area contributed by atoms with E-state index in [2.05, 4.69) is 4.98 Å². The van der Waals surface area contributed by atoms with Crippen LogP contribution in [0.25, 0.3) is 10.9 Å². The molecule has 0 radical (unpaired) electrons. The summed E-state index contributed by atoms with van der Waals surface area (Å²) < 4.78 is 0. The number of carbonyl (C=O) groups excluding carboxylic acids is 1. The molecule has 2 aromatic rings. The summed E-state index contributed by atoms with van der Waals surface area (Å²) >= 11 is 0. The van der Waals surface area contributed by atoms with Gasteiger partial charge in [-0.05, 0) is 37.1 Å². The fraction of sp³-hybridized carbons (Fsp3) is 0.389. The summed E-state index contributed by atoms with van der Waals surface area (Å²) in [5.41, 5.74) is 1.17. The molecule has 1 spiro atoms. The highest BCUT2D eigenvalue weighted by molar-refractivity contribution is 6.00. The van der Waals surface area contributed by atoms with Crippen LogP contribution in [0.3, 0.4) is 0 Å². The first-order valence-electron chi connectivity index (χ1n) is 7.99. The molecule has 2 fully saturated rings. The average molecular weight is 310 g/mol. The predicted molar refractivity (Wildman–Crippen MR) is 85.1 cm³/mol. The fourth-order valence-corrected chi connectivity index (χ4v) is 4.20. The van der Waals surface area contributed by atoms with E-state index in [9.17, 15) is 14.7 Å². The Hall–Kier alpha value is -2.43. The van der Waals surface area contributed by atoms with Gasteiger partial charge in [-0.2, -0.15) is 0 Å². The van der Waals surface area contributed by atoms with Gasteiger partial charge in [-0.1, -0.05) is 18.9 Å². The van der Waals surface area contributed by atoms with Gasteiger partial charge in [0.1, 0.15) is 6.04 Å². The van der Waals surface area contributed by atoms with E-state index in [1.165, 1.54) is 4.90 Å². The van der Waals surface area contributed by atoms with Crippen LogP contribution < -0.4 is 0 Å². The molecule has 2 aliphatic rings. The van der Waals surface area contributed by atoms with Gasteiger partial charge in [-0.15, -0.1) is 0 Å². The van der Waals surface area contributed by atoms with Gasteiger partial charge in [-0.25, -0.2) is 4.79 Å². The van der Waals surface area contributed by atoms with Gasteiger partial charge in [0.05, 0.1) is 5.52 Å². The number of amides is 1. The van der Waals surface area contributed by atoms with Gasteiger partial charge in [0, 0.05) is 29.1 Å². The lowest BCUT2D eigenvalue weighted by atomic mass is 9.69. The summed E-state index contributed by atoms with van der Waals surface area (Å²) in [5.74, 6) is -1.07. The smallest absolute Gasteiger partial charge is 0.327 e. The minimum absolute atomic E-state index is 0.194. The summed E-state index contributed by atoms with van der Waals surface area (Å²) in [5, 5.41) is 10.5. The number of fused-ring (bicyclic) bond motifs is 1. The van der Waals surface area contributed by atoms with Crippen molar-refractivity contribution in [3.05, 3.63) is 42.1 Å². The summed E-state index contributed by atoms with van der Waals surface area (Å²) in [6.45, 7) is 0.563. The molecule has 1 saturated heterocycles. The summed E-state index contributed by atoms with van der Waals surface area (Å²) in [4.78, 5) is 30.2. The van der Waals surface area contributed by atoms with Gasteiger partial charge in [0.2, 0.25) is 0 Å². The van der Waals surface area contributed by atoms with Crippen molar-refractivity contribution in [1.29, 1.82) is 0 Å². The number of carboxylic acids is 1. The van der Waals surface area contributed by atoms with Crippen molar-refractivity contribution in [2.75, 3.05) is 6.54 Å². The standard InChI is InChI=1S/C18H18N2O3/c21-16(13-5-6-14-12(10-13)4-3-9-19-14)20-11-18(7-1-2-8-18)15(20)17(22)23/h3-6,9-10,15H,1-2,7-8,11H2,(H,22,23). The Labute approximate surface area is 133 Å². The second kappa shape index (κ2) is 5.05. The van der Waals surface area contributed by atoms with Crippen LogP contribution in [0, 0.1) is 5.41 Å². The molecular weight excluding hydrogens is 292 g/mol. The van der Waals surface area contributed by atoms with Crippen molar-refractivity contribution in [2.45, 2.75) is 31.7 Å². The lowest BCUT2D eigenvalue weighted by Crippen LogP contribution is -2.68. The Bertz CT molecular complexity index is 796. The third-order valence-corrected chi connectivity index (χ3v) is 5.32. The Morgan fingerprint density at radius 1 is 1.22 bits per heavy atom. The Balaban J connectivity index is 1.64. The van der Waals surface area contributed by atoms with Gasteiger partial charge in [0.25, 0.3) is 5.91 Å². The zero-order chi connectivity index (χ0) is 16.0. The highest BCUT2D eigenvalue weighted by Crippen LogP contribution is 2.51. The summed E-state index contributed by atoms with van der Waals surface area (Å²) in [6, 6.07) is 8.39. The normalized spacial score (nSPS) is 22.3. The van der Waals surface area contributed by atoms with Gasteiger partial charge in [0.15, 0.2) is 0 Å². The molecule has 0 bridgehead atoms. The molecular formula is C18H18N2O3. The van der Waals surface area contributed by atoms with Crippen molar-refractivity contribution in [2.24, 2.45) is 5.41 Å².